The van der Waals surface area contributed by atoms with Crippen LogP contribution in [0, 0.1) is 0 Å². The van der Waals surface area contributed by atoms with Crippen molar-refractivity contribution in [1.29, 1.82) is 0 Å². The van der Waals surface area contributed by atoms with Crippen molar-refractivity contribution in [2.45, 2.75) is 0 Å². The summed E-state index contributed by atoms with van der Waals surface area (Å²) in [6, 6.07) is 9.40. The van der Waals surface area contributed by atoms with Gasteiger partial charge in [-0.15, -0.1) is 5.10 Å². The maximum absolute atomic E-state index is 5.50. The van der Waals surface area contributed by atoms with Crippen LogP contribution in [-0.2, 0) is 0 Å². The highest BCUT2D eigenvalue weighted by atomic mass is 79.9. The predicted octanol–water partition coefficient (Wildman–Crippen LogP) is 2.47. The molecule has 1 aromatic carbocycles. The van der Waals surface area contributed by atoms with Crippen LogP contribution < -0.4 is 11.1 Å². The summed E-state index contributed by atoms with van der Waals surface area (Å²) >= 11 is 8.54. The molecular weight excluding hydrogens is 288 g/mol. The predicted molar refractivity (Wildman–Crippen MR) is 72.4 cm³/mol. The molecular formula is C10H9BrN4S. The van der Waals surface area contributed by atoms with Gasteiger partial charge in [0, 0.05) is 22.4 Å². The average Bonchev–Trinajstić information content (AvgIpc) is 2.68. The number of halogens is 1. The zero-order valence-electron chi connectivity index (χ0n) is 8.22. The highest BCUT2D eigenvalue weighted by Crippen LogP contribution is 2.14. The quantitative estimate of drug-likeness (QED) is 0.794. The normalized spacial score (nSPS) is 10.1. The van der Waals surface area contributed by atoms with E-state index < -0.39 is 0 Å². The van der Waals surface area contributed by atoms with Gasteiger partial charge in [-0.25, -0.2) is 4.68 Å². The molecule has 0 unspecified atom stereocenters. The molecule has 0 amide bonds. The van der Waals surface area contributed by atoms with Gasteiger partial charge in [0.25, 0.3) is 0 Å². The third-order valence-electron chi connectivity index (χ3n) is 1.91. The van der Waals surface area contributed by atoms with Crippen molar-refractivity contribution in [2.75, 3.05) is 11.1 Å². The van der Waals surface area contributed by atoms with Crippen LogP contribution in [0.2, 0.25) is 0 Å². The third kappa shape index (κ3) is 2.59. The first-order chi connectivity index (χ1) is 7.65. The molecule has 0 saturated heterocycles. The maximum Gasteiger partial charge on any atom is 0.198 e. The van der Waals surface area contributed by atoms with Gasteiger partial charge in [-0.05, 0) is 36.5 Å². The summed E-state index contributed by atoms with van der Waals surface area (Å²) < 4.78 is 2.54. The van der Waals surface area contributed by atoms with Crippen LogP contribution in [0.5, 0.6) is 0 Å². The van der Waals surface area contributed by atoms with E-state index in [0.29, 0.717) is 10.9 Å². The number of nitrogens with zero attached hydrogens (tertiary/aromatic N) is 2. The lowest BCUT2D eigenvalue weighted by atomic mass is 10.3. The number of aromatic nitrogens is 2. The number of hydrogen-bond donors (Lipinski definition) is 2. The number of nitrogen functional groups attached to an aromatic ring is 1. The number of anilines is 2. The third-order valence-corrected chi connectivity index (χ3v) is 2.73. The van der Waals surface area contributed by atoms with E-state index >= 15 is 0 Å². The van der Waals surface area contributed by atoms with E-state index in [2.05, 4.69) is 26.3 Å². The molecule has 2 rings (SSSR count). The van der Waals surface area contributed by atoms with Crippen LogP contribution in [0.3, 0.4) is 0 Å². The van der Waals surface area contributed by atoms with Crippen molar-refractivity contribution in [3.05, 3.63) is 41.0 Å². The lowest BCUT2D eigenvalue weighted by Gasteiger charge is -2.07. The summed E-state index contributed by atoms with van der Waals surface area (Å²) in [6.07, 6.45) is 1.71. The number of nitrogens with one attached hydrogen (secondary N) is 1. The topological polar surface area (TPSA) is 55.9 Å². The van der Waals surface area contributed by atoms with Gasteiger partial charge in [-0.2, -0.15) is 0 Å². The highest BCUT2D eigenvalue weighted by molar-refractivity contribution is 9.10. The Labute approximate surface area is 107 Å². The number of benzene rings is 1. The first-order valence-electron chi connectivity index (χ1n) is 4.53. The molecule has 0 aliphatic heterocycles. The molecule has 0 radical (unpaired) electrons. The number of nitrogens with two attached hydrogens (primary N) is 1. The molecule has 0 aliphatic rings. The van der Waals surface area contributed by atoms with Gasteiger partial charge in [-0.1, -0.05) is 15.9 Å². The Balaban J connectivity index is 2.10. The van der Waals surface area contributed by atoms with Gasteiger partial charge < -0.3 is 11.1 Å². The Bertz CT molecular complexity index is 506. The van der Waals surface area contributed by atoms with E-state index in [1.807, 2.05) is 24.3 Å². The van der Waals surface area contributed by atoms with E-state index in [1.54, 1.807) is 12.3 Å². The minimum Gasteiger partial charge on any atom is -0.382 e. The first kappa shape index (κ1) is 11.1. The zero-order chi connectivity index (χ0) is 11.5. The molecule has 6 heteroatoms. The summed E-state index contributed by atoms with van der Waals surface area (Å²) in [5.74, 6) is 0.444. The monoisotopic (exact) mass is 296 g/mol. The summed E-state index contributed by atoms with van der Waals surface area (Å²) in [6.45, 7) is 0. The Morgan fingerprint density at radius 1 is 1.31 bits per heavy atom. The summed E-state index contributed by atoms with van der Waals surface area (Å²) in [7, 11) is 0. The Hall–Kier alpha value is -1.40. The minimum atomic E-state index is 0.444. The van der Waals surface area contributed by atoms with Gasteiger partial charge >= 0.3 is 0 Å². The van der Waals surface area contributed by atoms with Crippen molar-refractivity contribution < 1.29 is 0 Å². The molecule has 16 heavy (non-hydrogen) atoms. The van der Waals surface area contributed by atoms with Crippen LogP contribution in [0.1, 0.15) is 0 Å². The van der Waals surface area contributed by atoms with Gasteiger partial charge in [-0.3, -0.25) is 0 Å². The average molecular weight is 297 g/mol. The fraction of sp³-hybridized carbons (Fsp3) is 0. The minimum absolute atomic E-state index is 0.444. The molecule has 0 atom stereocenters. The highest BCUT2D eigenvalue weighted by Gasteiger charge is 2.01. The molecule has 0 aliphatic carbocycles. The maximum atomic E-state index is 5.50. The van der Waals surface area contributed by atoms with Crippen LogP contribution in [-0.4, -0.2) is 14.9 Å². The second-order valence-corrected chi connectivity index (χ2v) is 4.42. The molecule has 3 N–H and O–H groups in total. The van der Waals surface area contributed by atoms with E-state index in [1.165, 1.54) is 4.68 Å². The standard InChI is InChI=1S/C10H9BrN4S/c11-7-1-3-8(4-2-7)13-10(16)15-6-5-9(12)14-15/h1-6H,(H2,12,14)(H,13,16). The molecule has 82 valence electrons. The van der Waals surface area contributed by atoms with E-state index in [4.69, 9.17) is 18.0 Å². The van der Waals surface area contributed by atoms with E-state index in [-0.39, 0.29) is 0 Å². The second kappa shape index (κ2) is 4.63. The van der Waals surface area contributed by atoms with Crippen molar-refractivity contribution >= 4 is 44.8 Å². The molecule has 0 saturated carbocycles. The van der Waals surface area contributed by atoms with E-state index in [0.717, 1.165) is 10.2 Å². The lowest BCUT2D eigenvalue weighted by Crippen LogP contribution is -2.19. The Kier molecular flexibility index (Phi) is 3.21. The summed E-state index contributed by atoms with van der Waals surface area (Å²) in [4.78, 5) is 0. The Morgan fingerprint density at radius 3 is 2.56 bits per heavy atom. The fourth-order valence-corrected chi connectivity index (χ4v) is 1.65. The largest absolute Gasteiger partial charge is 0.382 e. The smallest absolute Gasteiger partial charge is 0.198 e. The van der Waals surface area contributed by atoms with Crippen molar-refractivity contribution in [3.8, 4) is 0 Å². The van der Waals surface area contributed by atoms with Crippen molar-refractivity contribution in [3.63, 3.8) is 0 Å². The zero-order valence-corrected chi connectivity index (χ0v) is 10.6. The molecule has 2 aromatic rings. The second-order valence-electron chi connectivity index (χ2n) is 3.12. The fourth-order valence-electron chi connectivity index (χ4n) is 1.17. The van der Waals surface area contributed by atoms with Crippen LogP contribution in [0.15, 0.2) is 41.0 Å². The van der Waals surface area contributed by atoms with E-state index in [9.17, 15) is 0 Å². The molecule has 1 heterocycles. The molecule has 4 nitrogen and oxygen atoms in total. The number of thiocarbonyl (C=S) groups is 1. The summed E-state index contributed by atoms with van der Waals surface area (Å²) in [5, 5.41) is 7.55. The van der Waals surface area contributed by atoms with Gasteiger partial charge in [0.05, 0.1) is 0 Å². The van der Waals surface area contributed by atoms with Crippen LogP contribution >= 0.6 is 28.1 Å². The van der Waals surface area contributed by atoms with Gasteiger partial charge in [0.15, 0.2) is 5.11 Å². The number of rotatable bonds is 1. The van der Waals surface area contributed by atoms with Crippen molar-refractivity contribution in [1.82, 2.24) is 9.78 Å². The van der Waals surface area contributed by atoms with Gasteiger partial charge in [0.1, 0.15) is 5.82 Å². The molecule has 0 bridgehead atoms. The first-order valence-corrected chi connectivity index (χ1v) is 5.73. The Morgan fingerprint density at radius 2 is 2.00 bits per heavy atom. The van der Waals surface area contributed by atoms with Crippen LogP contribution in [0.25, 0.3) is 0 Å². The van der Waals surface area contributed by atoms with Crippen molar-refractivity contribution in [2.24, 2.45) is 0 Å². The summed E-state index contributed by atoms with van der Waals surface area (Å²) in [5.41, 5.74) is 6.41. The lowest BCUT2D eigenvalue weighted by molar-refractivity contribution is 0.953. The molecule has 0 fully saturated rings. The van der Waals surface area contributed by atoms with Gasteiger partial charge in [0.2, 0.25) is 0 Å². The van der Waals surface area contributed by atoms with Crippen LogP contribution in [0.4, 0.5) is 11.5 Å². The number of hydrogen-bond acceptors (Lipinski definition) is 3. The SMILES string of the molecule is Nc1ccn(C(=S)Nc2ccc(Br)cc2)n1. The molecule has 1 aromatic heterocycles. The molecule has 0 spiro atoms.